The lowest BCUT2D eigenvalue weighted by atomic mass is 10.1. The Bertz CT molecular complexity index is 736. The van der Waals surface area contributed by atoms with E-state index in [-0.39, 0.29) is 12.5 Å². The van der Waals surface area contributed by atoms with Gasteiger partial charge in [-0.05, 0) is 81.6 Å². The van der Waals surface area contributed by atoms with Crippen LogP contribution in [0.3, 0.4) is 0 Å². The Labute approximate surface area is 151 Å². The average molecular weight is 339 g/mol. The molecule has 2 N–H and O–H groups in total. The molecule has 0 bridgehead atoms. The average Bonchev–Trinajstić information content (AvgIpc) is 2.59. The second kappa shape index (κ2) is 8.56. The molecule has 0 aromatic heterocycles. The van der Waals surface area contributed by atoms with Crippen molar-refractivity contribution in [3.8, 4) is 0 Å². The first-order valence-electron chi connectivity index (χ1n) is 8.91. The van der Waals surface area contributed by atoms with Crippen LogP contribution in [0.25, 0.3) is 0 Å². The zero-order valence-corrected chi connectivity index (χ0v) is 15.9. The van der Waals surface area contributed by atoms with Crippen LogP contribution in [-0.2, 0) is 4.79 Å². The number of hydrogen-bond donors (Lipinski definition) is 2. The highest BCUT2D eigenvalue weighted by atomic mass is 16.1. The molecule has 0 saturated heterocycles. The first-order valence-corrected chi connectivity index (χ1v) is 8.91. The molecule has 4 nitrogen and oxygen atoms in total. The number of amides is 1. The van der Waals surface area contributed by atoms with E-state index in [4.69, 9.17) is 0 Å². The topological polar surface area (TPSA) is 44.4 Å². The molecule has 0 fully saturated rings. The van der Waals surface area contributed by atoms with Gasteiger partial charge in [-0.2, -0.15) is 0 Å². The predicted molar refractivity (Wildman–Crippen MR) is 108 cm³/mol. The van der Waals surface area contributed by atoms with Gasteiger partial charge in [-0.3, -0.25) is 4.79 Å². The molecule has 0 unspecified atom stereocenters. The summed E-state index contributed by atoms with van der Waals surface area (Å²) in [5, 5.41) is 6.17. The molecule has 1 amide bonds. The van der Waals surface area contributed by atoms with Crippen LogP contribution >= 0.6 is 0 Å². The van der Waals surface area contributed by atoms with Gasteiger partial charge in [-0.15, -0.1) is 0 Å². The third kappa shape index (κ3) is 4.99. The summed E-state index contributed by atoms with van der Waals surface area (Å²) in [6.45, 7) is 12.7. The quantitative estimate of drug-likeness (QED) is 0.780. The van der Waals surface area contributed by atoms with E-state index < -0.39 is 0 Å². The Kier molecular flexibility index (Phi) is 6.45. The molecule has 0 aliphatic carbocycles. The van der Waals surface area contributed by atoms with Crippen LogP contribution < -0.4 is 15.5 Å². The summed E-state index contributed by atoms with van der Waals surface area (Å²) in [6.07, 6.45) is 0. The zero-order chi connectivity index (χ0) is 18.4. The molecular weight excluding hydrogens is 310 g/mol. The molecule has 2 rings (SSSR count). The van der Waals surface area contributed by atoms with Crippen molar-refractivity contribution in [2.75, 3.05) is 35.2 Å². The Morgan fingerprint density at radius 3 is 2.24 bits per heavy atom. The van der Waals surface area contributed by atoms with Crippen molar-refractivity contribution >= 4 is 23.0 Å². The summed E-state index contributed by atoms with van der Waals surface area (Å²) in [4.78, 5) is 14.5. The molecule has 0 aliphatic rings. The normalized spacial score (nSPS) is 10.4. The van der Waals surface area contributed by atoms with Gasteiger partial charge in [0.1, 0.15) is 0 Å². The van der Waals surface area contributed by atoms with E-state index >= 15 is 0 Å². The number of carbonyl (C=O) groups excluding carboxylic acids is 1. The highest BCUT2D eigenvalue weighted by Crippen LogP contribution is 2.22. The van der Waals surface area contributed by atoms with Crippen LogP contribution in [0.2, 0.25) is 0 Å². The molecule has 0 atom stereocenters. The largest absolute Gasteiger partial charge is 0.376 e. The van der Waals surface area contributed by atoms with Crippen molar-refractivity contribution in [1.29, 1.82) is 0 Å². The Morgan fingerprint density at radius 1 is 0.920 bits per heavy atom. The number of nitrogens with one attached hydrogen (secondary N) is 2. The van der Waals surface area contributed by atoms with Crippen LogP contribution in [0.4, 0.5) is 17.1 Å². The maximum absolute atomic E-state index is 12.2. The minimum Gasteiger partial charge on any atom is -0.376 e. The van der Waals surface area contributed by atoms with Gasteiger partial charge in [0.05, 0.1) is 6.54 Å². The van der Waals surface area contributed by atoms with Crippen LogP contribution in [0.5, 0.6) is 0 Å². The molecule has 0 saturated carbocycles. The van der Waals surface area contributed by atoms with E-state index in [2.05, 4.69) is 67.5 Å². The predicted octanol–water partition coefficient (Wildman–Crippen LogP) is 4.51. The number of carbonyl (C=O) groups is 1. The van der Waals surface area contributed by atoms with Gasteiger partial charge < -0.3 is 15.5 Å². The molecule has 4 heteroatoms. The summed E-state index contributed by atoms with van der Waals surface area (Å²) in [7, 11) is 0. The van der Waals surface area contributed by atoms with E-state index in [0.29, 0.717) is 0 Å². The second-order valence-corrected chi connectivity index (χ2v) is 6.37. The van der Waals surface area contributed by atoms with E-state index in [1.165, 1.54) is 16.8 Å². The SMILES string of the molecule is CCN(CC)c1ccc(NC(=O)CNc2ccc(C)c(C)c2)c(C)c1. The van der Waals surface area contributed by atoms with E-state index in [9.17, 15) is 4.79 Å². The third-order valence-corrected chi connectivity index (χ3v) is 4.57. The van der Waals surface area contributed by atoms with Crippen molar-refractivity contribution < 1.29 is 4.79 Å². The number of aryl methyl sites for hydroxylation is 3. The lowest BCUT2D eigenvalue weighted by molar-refractivity contribution is -0.114. The molecule has 2 aromatic rings. The third-order valence-electron chi connectivity index (χ3n) is 4.57. The summed E-state index contributed by atoms with van der Waals surface area (Å²) < 4.78 is 0. The summed E-state index contributed by atoms with van der Waals surface area (Å²) in [6, 6.07) is 12.3. The van der Waals surface area contributed by atoms with Crippen molar-refractivity contribution in [2.24, 2.45) is 0 Å². The Hall–Kier alpha value is -2.49. The number of anilines is 3. The van der Waals surface area contributed by atoms with Gasteiger partial charge in [-0.1, -0.05) is 6.07 Å². The minimum atomic E-state index is -0.0445. The highest BCUT2D eigenvalue weighted by Gasteiger charge is 2.08. The highest BCUT2D eigenvalue weighted by molar-refractivity contribution is 5.94. The molecule has 0 aliphatic heterocycles. The van der Waals surface area contributed by atoms with Gasteiger partial charge in [0.15, 0.2) is 0 Å². The fourth-order valence-electron chi connectivity index (χ4n) is 2.80. The van der Waals surface area contributed by atoms with Crippen LogP contribution in [0.15, 0.2) is 36.4 Å². The van der Waals surface area contributed by atoms with E-state index in [0.717, 1.165) is 30.0 Å². The minimum absolute atomic E-state index is 0.0445. The molecule has 0 radical (unpaired) electrons. The smallest absolute Gasteiger partial charge is 0.243 e. The zero-order valence-electron chi connectivity index (χ0n) is 15.9. The van der Waals surface area contributed by atoms with E-state index in [1.54, 1.807) is 0 Å². The molecule has 134 valence electrons. The standard InChI is InChI=1S/C21H29N3O/c1-6-24(7-2)19-10-11-20(17(5)13-19)23-21(25)14-22-18-9-8-15(3)16(4)12-18/h8-13,22H,6-7,14H2,1-5H3,(H,23,25). The lowest BCUT2D eigenvalue weighted by Crippen LogP contribution is -2.23. The first-order chi connectivity index (χ1) is 11.9. The fraction of sp³-hybridized carbons (Fsp3) is 0.381. The van der Waals surface area contributed by atoms with Crippen molar-refractivity contribution in [1.82, 2.24) is 0 Å². The molecule has 25 heavy (non-hydrogen) atoms. The number of hydrogen-bond acceptors (Lipinski definition) is 3. The van der Waals surface area contributed by atoms with Gasteiger partial charge in [0.2, 0.25) is 5.91 Å². The summed E-state index contributed by atoms with van der Waals surface area (Å²) in [5.41, 5.74) is 6.56. The number of nitrogens with zero attached hydrogens (tertiary/aromatic N) is 1. The summed E-state index contributed by atoms with van der Waals surface area (Å²) >= 11 is 0. The maximum atomic E-state index is 12.2. The Morgan fingerprint density at radius 2 is 1.64 bits per heavy atom. The van der Waals surface area contributed by atoms with Crippen LogP contribution in [0.1, 0.15) is 30.5 Å². The summed E-state index contributed by atoms with van der Waals surface area (Å²) in [5.74, 6) is -0.0445. The Balaban J connectivity index is 1.97. The number of benzene rings is 2. The molecular formula is C21H29N3O. The maximum Gasteiger partial charge on any atom is 0.243 e. The van der Waals surface area contributed by atoms with Gasteiger partial charge in [-0.25, -0.2) is 0 Å². The second-order valence-electron chi connectivity index (χ2n) is 6.37. The van der Waals surface area contributed by atoms with Crippen molar-refractivity contribution in [3.63, 3.8) is 0 Å². The van der Waals surface area contributed by atoms with E-state index in [1.807, 2.05) is 19.1 Å². The molecule has 0 spiro atoms. The van der Waals surface area contributed by atoms with Crippen molar-refractivity contribution in [2.45, 2.75) is 34.6 Å². The lowest BCUT2D eigenvalue weighted by Gasteiger charge is -2.22. The first kappa shape index (κ1) is 18.8. The van der Waals surface area contributed by atoms with Crippen LogP contribution in [0, 0.1) is 20.8 Å². The van der Waals surface area contributed by atoms with Gasteiger partial charge in [0, 0.05) is 30.2 Å². The molecule has 0 heterocycles. The van der Waals surface area contributed by atoms with Gasteiger partial charge >= 0.3 is 0 Å². The monoisotopic (exact) mass is 339 g/mol. The number of rotatable bonds is 7. The molecule has 2 aromatic carbocycles. The van der Waals surface area contributed by atoms with Gasteiger partial charge in [0.25, 0.3) is 0 Å². The van der Waals surface area contributed by atoms with Crippen LogP contribution in [-0.4, -0.2) is 25.5 Å². The fourth-order valence-corrected chi connectivity index (χ4v) is 2.80. The van der Waals surface area contributed by atoms with Crippen molar-refractivity contribution in [3.05, 3.63) is 53.1 Å².